The largest absolute Gasteiger partial charge is 0.546 e. The maximum atomic E-state index is 12.8. The minimum atomic E-state index is -1.42. The van der Waals surface area contributed by atoms with Crippen molar-refractivity contribution in [3.63, 3.8) is 0 Å². The zero-order valence-electron chi connectivity index (χ0n) is 13.5. The van der Waals surface area contributed by atoms with Gasteiger partial charge in [0.1, 0.15) is 5.69 Å². The van der Waals surface area contributed by atoms with Gasteiger partial charge in [-0.15, -0.1) is 0 Å². The molecule has 3 rings (SSSR count). The lowest BCUT2D eigenvalue weighted by Gasteiger charge is -2.12. The van der Waals surface area contributed by atoms with E-state index in [1.54, 1.807) is 37.4 Å². The first-order chi connectivity index (χ1) is 12.5. The summed E-state index contributed by atoms with van der Waals surface area (Å²) in [4.78, 5) is 47.9. The van der Waals surface area contributed by atoms with E-state index in [1.807, 2.05) is 0 Å². The summed E-state index contributed by atoms with van der Waals surface area (Å²) in [6, 6.07) is 8.35. The molecule has 0 N–H and O–H groups in total. The molecular weight excluding hydrogens is 342 g/mol. The Morgan fingerprint density at radius 1 is 1.27 bits per heavy atom. The fraction of sp³-hybridized carbons (Fsp3) is 0.125. The van der Waals surface area contributed by atoms with Gasteiger partial charge in [-0.2, -0.15) is 4.98 Å². The first-order valence-corrected chi connectivity index (χ1v) is 7.38. The van der Waals surface area contributed by atoms with E-state index in [2.05, 4.69) is 20.0 Å². The van der Waals surface area contributed by atoms with Crippen LogP contribution in [0.2, 0.25) is 0 Å². The van der Waals surface area contributed by atoms with Crippen LogP contribution in [0.1, 0.15) is 5.69 Å². The number of hydrogen-bond donors (Lipinski definition) is 0. The lowest BCUT2D eigenvalue weighted by Crippen LogP contribution is -2.37. The maximum Gasteiger partial charge on any atom is 0.357 e. The molecule has 0 aliphatic carbocycles. The van der Waals surface area contributed by atoms with Crippen LogP contribution >= 0.6 is 0 Å². The molecule has 10 heteroatoms. The summed E-state index contributed by atoms with van der Waals surface area (Å²) in [5.74, 6) is -1.31. The predicted molar refractivity (Wildman–Crippen MR) is 88.0 cm³/mol. The van der Waals surface area contributed by atoms with Gasteiger partial charge in [-0.3, -0.25) is 4.79 Å². The second kappa shape index (κ2) is 6.97. The number of benzene rings is 1. The van der Waals surface area contributed by atoms with Gasteiger partial charge in [0.25, 0.3) is 5.56 Å². The molecule has 0 bridgehead atoms. The van der Waals surface area contributed by atoms with E-state index in [-0.39, 0.29) is 17.2 Å². The average Bonchev–Trinajstić information content (AvgIpc) is 2.61. The molecule has 0 unspecified atom stereocenters. The molecule has 2 aliphatic rings. The summed E-state index contributed by atoms with van der Waals surface area (Å²) in [6.07, 6.45) is 2.60. The first kappa shape index (κ1) is 17.0. The molecule has 0 aromatic heterocycles. The number of aromatic nitrogens is 4. The molecule has 0 amide bonds. The summed E-state index contributed by atoms with van der Waals surface area (Å²) in [5.41, 5.74) is -0.800. The monoisotopic (exact) mass is 354 g/mol. The van der Waals surface area contributed by atoms with E-state index in [1.165, 1.54) is 10.8 Å². The highest BCUT2D eigenvalue weighted by Gasteiger charge is 2.19. The molecule has 0 atom stereocenters. The molecule has 1 aromatic rings. The molecule has 0 spiro atoms. The fourth-order valence-electron chi connectivity index (χ4n) is 2.29. The quantitative estimate of drug-likeness (QED) is 0.404. The Kier molecular flexibility index (Phi) is 4.56. The lowest BCUT2D eigenvalue weighted by atomic mass is 10.3. The van der Waals surface area contributed by atoms with E-state index in [0.29, 0.717) is 5.69 Å². The topological polar surface area (TPSA) is 132 Å². The summed E-state index contributed by atoms with van der Waals surface area (Å²) < 4.78 is 2.36. The van der Waals surface area contributed by atoms with Crippen LogP contribution < -0.4 is 16.4 Å². The minimum absolute atomic E-state index is 0.0418. The van der Waals surface area contributed by atoms with Crippen LogP contribution in [0.3, 0.4) is 0 Å². The van der Waals surface area contributed by atoms with Crippen LogP contribution in [0.15, 0.2) is 51.3 Å². The molecule has 0 saturated carbocycles. The molecule has 2 heterocycles. The SMILES string of the molecule is Cn1cc(/C=N\OCC(=O)[O-])nc2c(=O)n(-c3ccccc3)c(=O)nc1-2. The molecule has 26 heavy (non-hydrogen) atoms. The smallest absolute Gasteiger partial charge is 0.357 e. The van der Waals surface area contributed by atoms with Gasteiger partial charge in [-0.1, -0.05) is 23.4 Å². The van der Waals surface area contributed by atoms with E-state index in [9.17, 15) is 19.5 Å². The zero-order valence-corrected chi connectivity index (χ0v) is 13.5. The van der Waals surface area contributed by atoms with Crippen molar-refractivity contribution >= 4 is 12.2 Å². The highest BCUT2D eigenvalue weighted by atomic mass is 16.6. The third-order valence-electron chi connectivity index (χ3n) is 3.37. The third kappa shape index (κ3) is 3.34. The Bertz CT molecular complexity index is 1070. The zero-order chi connectivity index (χ0) is 18.7. The van der Waals surface area contributed by atoms with Crippen LogP contribution in [-0.4, -0.2) is 37.9 Å². The molecule has 0 radical (unpaired) electrons. The highest BCUT2D eigenvalue weighted by Crippen LogP contribution is 2.11. The lowest BCUT2D eigenvalue weighted by molar-refractivity contribution is -0.309. The van der Waals surface area contributed by atoms with Crippen LogP contribution in [0.5, 0.6) is 0 Å². The van der Waals surface area contributed by atoms with E-state index >= 15 is 0 Å². The van der Waals surface area contributed by atoms with Gasteiger partial charge < -0.3 is 19.3 Å². The number of para-hydroxylation sites is 1. The van der Waals surface area contributed by atoms with Crippen molar-refractivity contribution in [3.8, 4) is 17.2 Å². The number of hydrogen-bond acceptors (Lipinski definition) is 8. The standard InChI is InChI=1S/C16H13N5O5/c1-20-8-10(7-17-26-9-12(22)23)18-13-14(20)19-16(25)21(15(13)24)11-5-3-2-4-6-11/h2-8H,9H2,1H3,(H,22,23)/p-1/b17-7-. The van der Waals surface area contributed by atoms with Crippen molar-refractivity contribution in [2.45, 2.75) is 0 Å². The Hall–Kier alpha value is -3.82. The normalized spacial score (nSPS) is 11.1. The van der Waals surface area contributed by atoms with E-state index < -0.39 is 23.8 Å². The van der Waals surface area contributed by atoms with Gasteiger partial charge in [0, 0.05) is 13.2 Å². The van der Waals surface area contributed by atoms with Crippen LogP contribution in [0, 0.1) is 0 Å². The van der Waals surface area contributed by atoms with Gasteiger partial charge in [0.15, 0.2) is 18.1 Å². The van der Waals surface area contributed by atoms with Crippen molar-refractivity contribution in [2.75, 3.05) is 6.61 Å². The van der Waals surface area contributed by atoms with Crippen LogP contribution in [0.4, 0.5) is 0 Å². The first-order valence-electron chi connectivity index (χ1n) is 7.38. The summed E-state index contributed by atoms with van der Waals surface area (Å²) in [5, 5.41) is 13.7. The van der Waals surface area contributed by atoms with E-state index in [0.717, 1.165) is 10.8 Å². The Morgan fingerprint density at radius 3 is 2.69 bits per heavy atom. The summed E-state index contributed by atoms with van der Waals surface area (Å²) >= 11 is 0. The number of oxime groups is 1. The number of carboxylic acid groups (broad SMARTS) is 1. The van der Waals surface area contributed by atoms with Crippen molar-refractivity contribution in [2.24, 2.45) is 12.2 Å². The number of aliphatic carboxylic acids is 1. The second-order valence-corrected chi connectivity index (χ2v) is 5.20. The van der Waals surface area contributed by atoms with Crippen molar-refractivity contribution in [1.29, 1.82) is 0 Å². The van der Waals surface area contributed by atoms with E-state index in [4.69, 9.17) is 0 Å². The average molecular weight is 354 g/mol. The van der Waals surface area contributed by atoms with Crippen molar-refractivity contribution in [1.82, 2.24) is 19.1 Å². The molecule has 10 nitrogen and oxygen atoms in total. The number of carbonyl (C=O) groups is 1. The second-order valence-electron chi connectivity index (χ2n) is 5.20. The van der Waals surface area contributed by atoms with Gasteiger partial charge >= 0.3 is 5.69 Å². The summed E-state index contributed by atoms with van der Waals surface area (Å²) in [6.45, 7) is -0.710. The van der Waals surface area contributed by atoms with Crippen molar-refractivity contribution < 1.29 is 14.7 Å². The van der Waals surface area contributed by atoms with Crippen molar-refractivity contribution in [3.05, 3.63) is 63.1 Å². The molecular formula is C16H12N5O5-. The molecule has 0 saturated heterocycles. The molecule has 0 fully saturated rings. The minimum Gasteiger partial charge on any atom is -0.546 e. The maximum absolute atomic E-state index is 12.8. The number of carbonyl (C=O) groups excluding carboxylic acids is 1. The Balaban J connectivity index is 2.12. The highest BCUT2D eigenvalue weighted by molar-refractivity contribution is 5.77. The van der Waals surface area contributed by atoms with Gasteiger partial charge in [0.2, 0.25) is 0 Å². The molecule has 2 aliphatic heterocycles. The van der Waals surface area contributed by atoms with Gasteiger partial charge in [-0.05, 0) is 12.1 Å². The fourth-order valence-corrected chi connectivity index (χ4v) is 2.29. The number of carboxylic acids is 1. The van der Waals surface area contributed by atoms with Gasteiger partial charge in [0.05, 0.1) is 17.9 Å². The Labute approximate surface area is 146 Å². The number of fused-ring (bicyclic) bond motifs is 1. The molecule has 132 valence electrons. The van der Waals surface area contributed by atoms with Crippen LogP contribution in [-0.2, 0) is 16.7 Å². The predicted octanol–water partition coefficient (Wildman–Crippen LogP) is -1.47. The van der Waals surface area contributed by atoms with Gasteiger partial charge in [-0.25, -0.2) is 14.3 Å². The number of aryl methyl sites for hydroxylation is 1. The number of nitrogens with zero attached hydrogens (tertiary/aromatic N) is 5. The summed E-state index contributed by atoms with van der Waals surface area (Å²) in [7, 11) is 1.59. The number of rotatable bonds is 5. The Morgan fingerprint density at radius 2 is 2.00 bits per heavy atom. The molecule has 1 aromatic carbocycles. The van der Waals surface area contributed by atoms with Crippen LogP contribution in [0.25, 0.3) is 17.2 Å². The third-order valence-corrected chi connectivity index (χ3v) is 3.37.